The zero-order chi connectivity index (χ0) is 17.1. The summed E-state index contributed by atoms with van der Waals surface area (Å²) in [4.78, 5) is 22.6. The number of hydrogen-bond acceptors (Lipinski definition) is 5. The second-order valence-corrected chi connectivity index (χ2v) is 5.67. The number of nitro groups is 1. The normalized spacial score (nSPS) is 17.0. The molecule has 126 valence electrons. The maximum Gasteiger partial charge on any atom is 0.269 e. The summed E-state index contributed by atoms with van der Waals surface area (Å²) >= 11 is 0. The first-order chi connectivity index (χ1) is 11.6. The maximum absolute atomic E-state index is 12.3. The minimum absolute atomic E-state index is 0.0121. The number of ether oxygens (including phenoxy) is 1. The van der Waals surface area contributed by atoms with Gasteiger partial charge in [0.15, 0.2) is 0 Å². The highest BCUT2D eigenvalue weighted by Gasteiger charge is 2.19. The number of nitro benzene ring substituents is 1. The van der Waals surface area contributed by atoms with Crippen LogP contribution in [0.1, 0.15) is 28.9 Å². The average Bonchev–Trinajstić information content (AvgIpc) is 3.22. The van der Waals surface area contributed by atoms with Crippen LogP contribution in [0.25, 0.3) is 5.69 Å². The van der Waals surface area contributed by atoms with E-state index >= 15 is 0 Å². The molecule has 8 nitrogen and oxygen atoms in total. The van der Waals surface area contributed by atoms with Crippen molar-refractivity contribution in [3.05, 3.63) is 51.8 Å². The third kappa shape index (κ3) is 3.28. The van der Waals surface area contributed by atoms with Crippen LogP contribution in [-0.2, 0) is 4.74 Å². The molecule has 1 fully saturated rings. The van der Waals surface area contributed by atoms with Crippen LogP contribution in [0.3, 0.4) is 0 Å². The van der Waals surface area contributed by atoms with E-state index in [1.165, 1.54) is 18.3 Å². The highest BCUT2D eigenvalue weighted by molar-refractivity contribution is 5.95. The van der Waals surface area contributed by atoms with E-state index in [4.69, 9.17) is 4.74 Å². The topological polar surface area (TPSA) is 99.3 Å². The Bertz CT molecular complexity index is 748. The van der Waals surface area contributed by atoms with Gasteiger partial charge in [0.25, 0.3) is 11.6 Å². The van der Waals surface area contributed by atoms with E-state index in [1.807, 2.05) is 0 Å². The third-order valence-electron chi connectivity index (χ3n) is 4.07. The smallest absolute Gasteiger partial charge is 0.269 e. The zero-order valence-corrected chi connectivity index (χ0v) is 13.3. The Morgan fingerprint density at radius 1 is 1.46 bits per heavy atom. The van der Waals surface area contributed by atoms with Crippen molar-refractivity contribution in [1.29, 1.82) is 0 Å². The first-order valence-corrected chi connectivity index (χ1v) is 7.75. The number of nitrogens with zero attached hydrogens (tertiary/aromatic N) is 3. The van der Waals surface area contributed by atoms with Crippen LogP contribution in [0.2, 0.25) is 0 Å². The molecule has 0 saturated carbocycles. The van der Waals surface area contributed by atoms with Crippen LogP contribution in [0, 0.1) is 17.0 Å². The van der Waals surface area contributed by atoms with E-state index in [1.54, 1.807) is 23.7 Å². The molecule has 1 aromatic heterocycles. The SMILES string of the molecule is Cc1c(C(=O)NC[C@@H]2CCCO2)cnn1-c1ccc([N+](=O)[O-])cc1. The van der Waals surface area contributed by atoms with E-state index in [9.17, 15) is 14.9 Å². The van der Waals surface area contributed by atoms with Crippen molar-refractivity contribution in [2.75, 3.05) is 13.2 Å². The summed E-state index contributed by atoms with van der Waals surface area (Å²) < 4.78 is 7.07. The Balaban J connectivity index is 1.72. The van der Waals surface area contributed by atoms with Gasteiger partial charge in [0.2, 0.25) is 0 Å². The van der Waals surface area contributed by atoms with Gasteiger partial charge in [-0.2, -0.15) is 5.10 Å². The molecular formula is C16H18N4O4. The van der Waals surface area contributed by atoms with Crippen LogP contribution >= 0.6 is 0 Å². The fraction of sp³-hybridized carbons (Fsp3) is 0.375. The van der Waals surface area contributed by atoms with Crippen molar-refractivity contribution in [2.24, 2.45) is 0 Å². The fourth-order valence-corrected chi connectivity index (χ4v) is 2.72. The summed E-state index contributed by atoms with van der Waals surface area (Å²) in [5.41, 5.74) is 1.83. The van der Waals surface area contributed by atoms with Crippen molar-refractivity contribution >= 4 is 11.6 Å². The number of nitrogens with one attached hydrogen (secondary N) is 1. The van der Waals surface area contributed by atoms with Crippen molar-refractivity contribution < 1.29 is 14.5 Å². The predicted octanol–water partition coefficient (Wildman–Crippen LogP) is 2.00. The number of carbonyl (C=O) groups is 1. The molecule has 0 bridgehead atoms. The van der Waals surface area contributed by atoms with E-state index in [0.717, 1.165) is 19.4 Å². The molecule has 0 radical (unpaired) electrons. The summed E-state index contributed by atoms with van der Waals surface area (Å²) in [5.74, 6) is -0.198. The van der Waals surface area contributed by atoms with Gasteiger partial charge in [0.05, 0.1) is 34.2 Å². The van der Waals surface area contributed by atoms with Gasteiger partial charge in [-0.3, -0.25) is 14.9 Å². The standard InChI is InChI=1S/C16H18N4O4/c1-11-15(16(21)17-9-14-3-2-8-24-14)10-18-19(11)12-4-6-13(7-5-12)20(22)23/h4-7,10,14H,2-3,8-9H2,1H3,(H,17,21)/t14-/m0/s1. The minimum Gasteiger partial charge on any atom is -0.376 e. The summed E-state index contributed by atoms with van der Waals surface area (Å²) in [6.45, 7) is 3.02. The van der Waals surface area contributed by atoms with Gasteiger partial charge in [-0.25, -0.2) is 4.68 Å². The van der Waals surface area contributed by atoms with Gasteiger partial charge in [0.1, 0.15) is 0 Å². The maximum atomic E-state index is 12.3. The molecule has 8 heteroatoms. The molecule has 1 aliphatic heterocycles. The Morgan fingerprint density at radius 2 is 2.21 bits per heavy atom. The van der Waals surface area contributed by atoms with Crippen molar-refractivity contribution in [3.63, 3.8) is 0 Å². The molecule has 1 saturated heterocycles. The van der Waals surface area contributed by atoms with Gasteiger partial charge >= 0.3 is 0 Å². The first kappa shape index (κ1) is 16.1. The number of carbonyl (C=O) groups excluding carboxylic acids is 1. The van der Waals surface area contributed by atoms with Gasteiger partial charge in [-0.1, -0.05) is 0 Å². The number of benzene rings is 1. The van der Waals surface area contributed by atoms with Crippen molar-refractivity contribution in [1.82, 2.24) is 15.1 Å². The van der Waals surface area contributed by atoms with E-state index < -0.39 is 4.92 Å². The van der Waals surface area contributed by atoms with Crippen LogP contribution in [0.4, 0.5) is 5.69 Å². The lowest BCUT2D eigenvalue weighted by atomic mass is 10.2. The third-order valence-corrected chi connectivity index (χ3v) is 4.07. The lowest BCUT2D eigenvalue weighted by Gasteiger charge is -2.10. The van der Waals surface area contributed by atoms with E-state index in [-0.39, 0.29) is 17.7 Å². The predicted molar refractivity (Wildman–Crippen MR) is 86.3 cm³/mol. The molecule has 2 heterocycles. The van der Waals surface area contributed by atoms with Gasteiger partial charge in [0, 0.05) is 25.3 Å². The summed E-state index contributed by atoms with van der Waals surface area (Å²) in [6, 6.07) is 6.03. The second-order valence-electron chi connectivity index (χ2n) is 5.67. The van der Waals surface area contributed by atoms with Crippen LogP contribution in [0.5, 0.6) is 0 Å². The fourth-order valence-electron chi connectivity index (χ4n) is 2.72. The average molecular weight is 330 g/mol. The second kappa shape index (κ2) is 6.79. The summed E-state index contributed by atoms with van der Waals surface area (Å²) in [5, 5.41) is 17.8. The minimum atomic E-state index is -0.455. The van der Waals surface area contributed by atoms with Gasteiger partial charge in [-0.05, 0) is 31.9 Å². The summed E-state index contributed by atoms with van der Waals surface area (Å²) in [7, 11) is 0. The monoisotopic (exact) mass is 330 g/mol. The van der Waals surface area contributed by atoms with Crippen molar-refractivity contribution in [3.8, 4) is 5.69 Å². The van der Waals surface area contributed by atoms with Crippen LogP contribution in [0.15, 0.2) is 30.5 Å². The molecule has 0 spiro atoms. The number of amides is 1. The number of aromatic nitrogens is 2. The largest absolute Gasteiger partial charge is 0.376 e. The Labute approximate surface area is 138 Å². The van der Waals surface area contributed by atoms with Gasteiger partial charge < -0.3 is 10.1 Å². The molecule has 1 aromatic carbocycles. The molecule has 1 atom stereocenters. The Hall–Kier alpha value is -2.74. The van der Waals surface area contributed by atoms with Crippen molar-refractivity contribution in [2.45, 2.75) is 25.9 Å². The highest BCUT2D eigenvalue weighted by atomic mass is 16.6. The highest BCUT2D eigenvalue weighted by Crippen LogP contribution is 2.18. The molecule has 24 heavy (non-hydrogen) atoms. The first-order valence-electron chi connectivity index (χ1n) is 7.75. The molecule has 3 rings (SSSR count). The molecule has 0 aliphatic carbocycles. The van der Waals surface area contributed by atoms with Crippen LogP contribution < -0.4 is 5.32 Å². The van der Waals surface area contributed by atoms with Gasteiger partial charge in [-0.15, -0.1) is 0 Å². The molecule has 1 N–H and O–H groups in total. The number of hydrogen-bond donors (Lipinski definition) is 1. The molecule has 1 aliphatic rings. The van der Waals surface area contributed by atoms with Crippen LogP contribution in [-0.4, -0.2) is 39.9 Å². The molecule has 1 amide bonds. The van der Waals surface area contributed by atoms with E-state index in [2.05, 4.69) is 10.4 Å². The quantitative estimate of drug-likeness (QED) is 0.667. The number of rotatable bonds is 5. The Kier molecular flexibility index (Phi) is 4.57. The molecule has 2 aromatic rings. The molecule has 0 unspecified atom stereocenters. The Morgan fingerprint density at radius 3 is 2.83 bits per heavy atom. The number of non-ortho nitro benzene ring substituents is 1. The van der Waals surface area contributed by atoms with E-state index in [0.29, 0.717) is 23.5 Å². The zero-order valence-electron chi connectivity index (χ0n) is 13.3. The summed E-state index contributed by atoms with van der Waals surface area (Å²) in [6.07, 6.45) is 3.57. The molecular weight excluding hydrogens is 312 g/mol. The lowest BCUT2D eigenvalue weighted by Crippen LogP contribution is -2.32. The lowest BCUT2D eigenvalue weighted by molar-refractivity contribution is -0.384.